The second-order valence-electron chi connectivity index (χ2n) is 4.92. The van der Waals surface area contributed by atoms with Crippen molar-refractivity contribution in [2.75, 3.05) is 23.3 Å². The van der Waals surface area contributed by atoms with Gasteiger partial charge in [0.05, 0.1) is 10.9 Å². The number of hydrogen-bond donors (Lipinski definition) is 1. The number of aromatic nitrogens is 3. The quantitative estimate of drug-likeness (QED) is 0.863. The maximum Gasteiger partial charge on any atom is 0.248 e. The van der Waals surface area contributed by atoms with E-state index >= 15 is 0 Å². The Bertz CT molecular complexity index is 669. The van der Waals surface area contributed by atoms with E-state index in [2.05, 4.69) is 26.9 Å². The van der Waals surface area contributed by atoms with Crippen LogP contribution >= 0.6 is 0 Å². The van der Waals surface area contributed by atoms with Crippen molar-refractivity contribution < 1.29 is 4.79 Å². The minimum absolute atomic E-state index is 0.270. The minimum Gasteiger partial charge on any atom is -0.357 e. The van der Waals surface area contributed by atoms with Gasteiger partial charge in [0.2, 0.25) is 5.91 Å². The van der Waals surface area contributed by atoms with Gasteiger partial charge in [-0.05, 0) is 18.9 Å². The number of pyridine rings is 1. The Balaban J connectivity index is 2.00. The van der Waals surface area contributed by atoms with Crippen LogP contribution < -0.4 is 10.2 Å². The van der Waals surface area contributed by atoms with Crippen LogP contribution in [0.5, 0.6) is 0 Å². The van der Waals surface area contributed by atoms with E-state index in [9.17, 15) is 4.79 Å². The fourth-order valence-corrected chi connectivity index (χ4v) is 2.52. The lowest BCUT2D eigenvalue weighted by atomic mass is 10.3. The van der Waals surface area contributed by atoms with Gasteiger partial charge in [-0.3, -0.25) is 9.48 Å². The van der Waals surface area contributed by atoms with Crippen LogP contribution in [0.15, 0.2) is 24.9 Å². The first-order chi connectivity index (χ1) is 9.69. The van der Waals surface area contributed by atoms with Gasteiger partial charge in [-0.25, -0.2) is 4.98 Å². The zero-order chi connectivity index (χ0) is 14.1. The molecule has 0 bridgehead atoms. The molecule has 0 atom stereocenters. The standard InChI is InChI=1S/C14H17N5O/c1-3-13(20)16-14-10-9-15-12(19-6-4-5-7-19)8-11(10)18(2)17-14/h3,8-9H,1,4-7H2,2H3,(H,16,17,20). The molecule has 1 aliphatic heterocycles. The Morgan fingerprint density at radius 3 is 2.90 bits per heavy atom. The maximum absolute atomic E-state index is 11.4. The molecular formula is C14H17N5O. The van der Waals surface area contributed by atoms with Crippen molar-refractivity contribution in [2.24, 2.45) is 7.05 Å². The van der Waals surface area contributed by atoms with Gasteiger partial charge >= 0.3 is 0 Å². The number of anilines is 2. The molecule has 104 valence electrons. The number of hydrogen-bond acceptors (Lipinski definition) is 4. The smallest absolute Gasteiger partial charge is 0.248 e. The molecule has 0 saturated carbocycles. The SMILES string of the molecule is C=CC(=O)Nc1nn(C)c2cc(N3CCCC3)ncc12. The maximum atomic E-state index is 11.4. The van der Waals surface area contributed by atoms with E-state index in [0.29, 0.717) is 5.82 Å². The summed E-state index contributed by atoms with van der Waals surface area (Å²) in [6, 6.07) is 2.03. The highest BCUT2D eigenvalue weighted by Gasteiger charge is 2.16. The van der Waals surface area contributed by atoms with Crippen molar-refractivity contribution in [1.82, 2.24) is 14.8 Å². The molecule has 2 aromatic heterocycles. The number of fused-ring (bicyclic) bond motifs is 1. The lowest BCUT2D eigenvalue weighted by Crippen LogP contribution is -2.18. The van der Waals surface area contributed by atoms with Gasteiger partial charge in [0.25, 0.3) is 0 Å². The average molecular weight is 271 g/mol. The van der Waals surface area contributed by atoms with Crippen LogP contribution in [0.4, 0.5) is 11.6 Å². The van der Waals surface area contributed by atoms with Crippen LogP contribution in [0.1, 0.15) is 12.8 Å². The lowest BCUT2D eigenvalue weighted by Gasteiger charge is -2.15. The zero-order valence-electron chi connectivity index (χ0n) is 11.5. The van der Waals surface area contributed by atoms with Crippen LogP contribution in [0.2, 0.25) is 0 Å². The zero-order valence-corrected chi connectivity index (χ0v) is 11.5. The third-order valence-electron chi connectivity index (χ3n) is 3.58. The number of nitrogens with zero attached hydrogens (tertiary/aromatic N) is 4. The molecule has 6 heteroatoms. The number of nitrogens with one attached hydrogen (secondary N) is 1. The Labute approximate surface area is 117 Å². The van der Waals surface area contributed by atoms with Crippen molar-refractivity contribution in [3.8, 4) is 0 Å². The van der Waals surface area contributed by atoms with Crippen molar-refractivity contribution >= 4 is 28.4 Å². The van der Waals surface area contributed by atoms with Gasteiger partial charge in [-0.1, -0.05) is 6.58 Å². The van der Waals surface area contributed by atoms with E-state index < -0.39 is 0 Å². The molecule has 0 spiro atoms. The molecule has 1 amide bonds. The average Bonchev–Trinajstić information content (AvgIpc) is 3.08. The lowest BCUT2D eigenvalue weighted by molar-refractivity contribution is -0.111. The summed E-state index contributed by atoms with van der Waals surface area (Å²) in [5.41, 5.74) is 0.960. The van der Waals surface area contributed by atoms with E-state index in [0.717, 1.165) is 29.8 Å². The summed E-state index contributed by atoms with van der Waals surface area (Å²) in [7, 11) is 1.86. The van der Waals surface area contributed by atoms with E-state index in [1.807, 2.05) is 13.1 Å². The molecule has 2 aromatic rings. The molecule has 6 nitrogen and oxygen atoms in total. The Morgan fingerprint density at radius 2 is 2.20 bits per heavy atom. The van der Waals surface area contributed by atoms with Crippen LogP contribution in [0.3, 0.4) is 0 Å². The highest BCUT2D eigenvalue weighted by atomic mass is 16.1. The molecule has 1 aliphatic rings. The summed E-state index contributed by atoms with van der Waals surface area (Å²) < 4.78 is 1.76. The third kappa shape index (κ3) is 2.13. The molecular weight excluding hydrogens is 254 g/mol. The molecule has 3 heterocycles. The molecule has 1 N–H and O–H groups in total. The van der Waals surface area contributed by atoms with Gasteiger partial charge in [0, 0.05) is 32.4 Å². The van der Waals surface area contributed by atoms with E-state index in [4.69, 9.17) is 0 Å². The summed E-state index contributed by atoms with van der Waals surface area (Å²) in [6.45, 7) is 5.55. The monoisotopic (exact) mass is 271 g/mol. The van der Waals surface area contributed by atoms with Crippen molar-refractivity contribution in [2.45, 2.75) is 12.8 Å². The number of aryl methyl sites for hydroxylation is 1. The highest BCUT2D eigenvalue weighted by molar-refractivity contribution is 6.04. The van der Waals surface area contributed by atoms with E-state index in [-0.39, 0.29) is 5.91 Å². The van der Waals surface area contributed by atoms with E-state index in [1.165, 1.54) is 18.9 Å². The molecule has 0 unspecified atom stereocenters. The molecule has 1 saturated heterocycles. The highest BCUT2D eigenvalue weighted by Crippen LogP contribution is 2.26. The van der Waals surface area contributed by atoms with Crippen molar-refractivity contribution in [1.29, 1.82) is 0 Å². The number of carbonyl (C=O) groups excluding carboxylic acids is 1. The first kappa shape index (κ1) is 12.7. The molecule has 0 aromatic carbocycles. The van der Waals surface area contributed by atoms with E-state index in [1.54, 1.807) is 10.9 Å². The normalized spacial score (nSPS) is 14.8. The van der Waals surface area contributed by atoms with Gasteiger partial charge < -0.3 is 10.2 Å². The van der Waals surface area contributed by atoms with Crippen LogP contribution in [-0.4, -0.2) is 33.8 Å². The second kappa shape index (κ2) is 4.96. The third-order valence-corrected chi connectivity index (χ3v) is 3.58. The molecule has 0 aliphatic carbocycles. The number of rotatable bonds is 3. The van der Waals surface area contributed by atoms with Crippen molar-refractivity contribution in [3.63, 3.8) is 0 Å². The first-order valence-corrected chi connectivity index (χ1v) is 6.70. The van der Waals surface area contributed by atoms with Gasteiger partial charge in [0.1, 0.15) is 5.82 Å². The van der Waals surface area contributed by atoms with Crippen LogP contribution in [0, 0.1) is 0 Å². The van der Waals surface area contributed by atoms with Gasteiger partial charge in [0.15, 0.2) is 5.82 Å². The Morgan fingerprint density at radius 1 is 1.45 bits per heavy atom. The summed E-state index contributed by atoms with van der Waals surface area (Å²) in [5.74, 6) is 1.22. The largest absolute Gasteiger partial charge is 0.357 e. The predicted octanol–water partition coefficient (Wildman–Crippen LogP) is 1.69. The number of carbonyl (C=O) groups is 1. The molecule has 0 radical (unpaired) electrons. The summed E-state index contributed by atoms with van der Waals surface area (Å²) in [4.78, 5) is 18.2. The minimum atomic E-state index is -0.270. The van der Waals surface area contributed by atoms with Gasteiger partial charge in [-0.15, -0.1) is 0 Å². The topological polar surface area (TPSA) is 63.1 Å². The molecule has 20 heavy (non-hydrogen) atoms. The Kier molecular flexibility index (Phi) is 3.14. The summed E-state index contributed by atoms with van der Waals surface area (Å²) in [5, 5.41) is 7.86. The van der Waals surface area contributed by atoms with Crippen LogP contribution in [0.25, 0.3) is 10.9 Å². The summed E-state index contributed by atoms with van der Waals surface area (Å²) in [6.07, 6.45) is 5.43. The van der Waals surface area contributed by atoms with Crippen molar-refractivity contribution in [3.05, 3.63) is 24.9 Å². The fourth-order valence-electron chi connectivity index (χ4n) is 2.52. The Hall–Kier alpha value is -2.37. The second-order valence-corrected chi connectivity index (χ2v) is 4.92. The predicted molar refractivity (Wildman–Crippen MR) is 78.8 cm³/mol. The first-order valence-electron chi connectivity index (χ1n) is 6.70. The van der Waals surface area contributed by atoms with Crippen LogP contribution in [-0.2, 0) is 11.8 Å². The summed E-state index contributed by atoms with van der Waals surface area (Å²) >= 11 is 0. The molecule has 3 rings (SSSR count). The number of amides is 1. The fraction of sp³-hybridized carbons (Fsp3) is 0.357. The van der Waals surface area contributed by atoms with Gasteiger partial charge in [-0.2, -0.15) is 5.10 Å². The molecule has 1 fully saturated rings.